The molecule has 1 N–H and O–H groups in total. The Balaban J connectivity index is 1.90. The number of nitrogens with zero attached hydrogens (tertiary/aromatic N) is 1. The van der Waals surface area contributed by atoms with Gasteiger partial charge in [0, 0.05) is 25.2 Å². The van der Waals surface area contributed by atoms with Gasteiger partial charge in [-0.25, -0.2) is 0 Å². The number of carbonyl (C=O) groups is 1. The number of aromatic nitrogens is 1. The molecule has 1 saturated heterocycles. The average Bonchev–Trinajstić information content (AvgIpc) is 2.85. The van der Waals surface area contributed by atoms with Gasteiger partial charge in [-0.2, -0.15) is 0 Å². The van der Waals surface area contributed by atoms with Crippen LogP contribution in [0.2, 0.25) is 5.02 Å². The minimum absolute atomic E-state index is 0.0532. The predicted molar refractivity (Wildman–Crippen MR) is 90.9 cm³/mol. The van der Waals surface area contributed by atoms with E-state index in [9.17, 15) is 9.59 Å². The number of halogens is 1. The Bertz CT molecular complexity index is 783. The number of benzene rings is 1. The van der Waals surface area contributed by atoms with Gasteiger partial charge in [-0.15, -0.1) is 0 Å². The molecule has 1 atom stereocenters. The van der Waals surface area contributed by atoms with Crippen LogP contribution in [-0.4, -0.2) is 28.9 Å². The molecule has 5 heteroatoms. The molecule has 1 aromatic heterocycles. The van der Waals surface area contributed by atoms with Crippen molar-refractivity contribution < 1.29 is 4.79 Å². The summed E-state index contributed by atoms with van der Waals surface area (Å²) in [6, 6.07) is 11.6. The number of carbonyl (C=O) groups excluding carboxylic acids is 1. The minimum Gasteiger partial charge on any atom is -0.337 e. The fourth-order valence-electron chi connectivity index (χ4n) is 3.32. The number of likely N-dealkylation sites (tertiary alicyclic amines) is 1. The van der Waals surface area contributed by atoms with Gasteiger partial charge in [-0.05, 0) is 17.0 Å². The Labute approximate surface area is 140 Å². The highest BCUT2D eigenvalue weighted by Crippen LogP contribution is 2.42. The van der Waals surface area contributed by atoms with E-state index in [0.717, 1.165) is 0 Å². The average molecular weight is 331 g/mol. The lowest BCUT2D eigenvalue weighted by atomic mass is 9.78. The summed E-state index contributed by atoms with van der Waals surface area (Å²) in [5.74, 6) is -0.0221. The lowest BCUT2D eigenvalue weighted by Crippen LogP contribution is -2.34. The molecule has 1 fully saturated rings. The molecule has 1 amide bonds. The number of H-pyrrole nitrogens is 1. The summed E-state index contributed by atoms with van der Waals surface area (Å²) in [5.41, 5.74) is 0.859. The third-order valence-corrected chi connectivity index (χ3v) is 4.75. The summed E-state index contributed by atoms with van der Waals surface area (Å²) in [5, 5.41) is 0.353. The van der Waals surface area contributed by atoms with E-state index in [2.05, 4.69) is 31.0 Å². The number of amides is 1. The van der Waals surface area contributed by atoms with E-state index >= 15 is 0 Å². The van der Waals surface area contributed by atoms with Crippen LogP contribution in [0.1, 0.15) is 35.7 Å². The van der Waals surface area contributed by atoms with E-state index in [4.69, 9.17) is 11.6 Å². The summed E-state index contributed by atoms with van der Waals surface area (Å²) >= 11 is 5.91. The number of hydrogen-bond donors (Lipinski definition) is 1. The first-order valence-electron chi connectivity index (χ1n) is 7.61. The first kappa shape index (κ1) is 15.8. The van der Waals surface area contributed by atoms with Gasteiger partial charge in [-0.1, -0.05) is 55.8 Å². The molecule has 2 aromatic rings. The molecule has 2 heterocycles. The quantitative estimate of drug-likeness (QED) is 0.918. The molecule has 4 nitrogen and oxygen atoms in total. The maximum absolute atomic E-state index is 12.7. The number of aromatic amines is 1. The van der Waals surface area contributed by atoms with Crippen molar-refractivity contribution in [1.29, 1.82) is 0 Å². The molecule has 0 saturated carbocycles. The first-order valence-corrected chi connectivity index (χ1v) is 7.99. The van der Waals surface area contributed by atoms with Crippen molar-refractivity contribution in [3.8, 4) is 0 Å². The van der Waals surface area contributed by atoms with Crippen molar-refractivity contribution in [2.45, 2.75) is 19.8 Å². The van der Waals surface area contributed by atoms with Crippen LogP contribution < -0.4 is 5.56 Å². The van der Waals surface area contributed by atoms with E-state index in [-0.39, 0.29) is 22.8 Å². The Kier molecular flexibility index (Phi) is 4.02. The highest BCUT2D eigenvalue weighted by molar-refractivity contribution is 6.30. The second kappa shape index (κ2) is 5.85. The van der Waals surface area contributed by atoms with Crippen LogP contribution in [0.25, 0.3) is 0 Å². The molecule has 1 aliphatic heterocycles. The molecule has 0 bridgehead atoms. The van der Waals surface area contributed by atoms with Crippen molar-refractivity contribution in [2.75, 3.05) is 13.1 Å². The number of nitrogens with one attached hydrogen (secondary N) is 1. The molecule has 1 unspecified atom stereocenters. The van der Waals surface area contributed by atoms with Crippen LogP contribution in [0, 0.1) is 5.41 Å². The third-order valence-electron chi connectivity index (χ3n) is 4.53. The molecule has 0 radical (unpaired) electrons. The van der Waals surface area contributed by atoms with Crippen molar-refractivity contribution in [2.24, 2.45) is 5.41 Å². The zero-order chi connectivity index (χ0) is 16.6. The maximum Gasteiger partial charge on any atom is 0.260 e. The molecular formula is C18H19ClN2O2. The zero-order valence-electron chi connectivity index (χ0n) is 13.2. The Morgan fingerprint density at radius 1 is 1.30 bits per heavy atom. The smallest absolute Gasteiger partial charge is 0.260 e. The van der Waals surface area contributed by atoms with Gasteiger partial charge in [0.05, 0.1) is 5.02 Å². The fourth-order valence-corrected chi connectivity index (χ4v) is 3.48. The molecule has 23 heavy (non-hydrogen) atoms. The monoisotopic (exact) mass is 330 g/mol. The SMILES string of the molecule is CC1(C)CN(C(=O)c2cc(Cl)c[nH]c2=O)CC1c1ccccc1. The van der Waals surface area contributed by atoms with Gasteiger partial charge >= 0.3 is 0 Å². The van der Waals surface area contributed by atoms with Crippen molar-refractivity contribution in [1.82, 2.24) is 9.88 Å². The summed E-state index contributed by atoms with van der Waals surface area (Å²) in [6.45, 7) is 5.51. The highest BCUT2D eigenvalue weighted by Gasteiger charge is 2.42. The summed E-state index contributed by atoms with van der Waals surface area (Å²) in [6.07, 6.45) is 1.39. The topological polar surface area (TPSA) is 53.2 Å². The van der Waals surface area contributed by atoms with Crippen LogP contribution in [0.5, 0.6) is 0 Å². The van der Waals surface area contributed by atoms with Gasteiger partial charge < -0.3 is 9.88 Å². The first-order chi connectivity index (χ1) is 10.9. The van der Waals surface area contributed by atoms with E-state index in [0.29, 0.717) is 18.1 Å². The van der Waals surface area contributed by atoms with E-state index in [1.54, 1.807) is 4.90 Å². The second-order valence-corrected chi connectivity index (χ2v) is 7.13. The summed E-state index contributed by atoms with van der Waals surface area (Å²) in [4.78, 5) is 28.9. The third kappa shape index (κ3) is 3.04. The Morgan fingerprint density at radius 3 is 2.70 bits per heavy atom. The fraction of sp³-hybridized carbons (Fsp3) is 0.333. The van der Waals surface area contributed by atoms with Crippen LogP contribution in [-0.2, 0) is 0 Å². The molecule has 1 aromatic carbocycles. The van der Waals surface area contributed by atoms with E-state index in [1.165, 1.54) is 17.8 Å². The van der Waals surface area contributed by atoms with Gasteiger partial charge in [0.2, 0.25) is 0 Å². The minimum atomic E-state index is -0.402. The van der Waals surface area contributed by atoms with Crippen LogP contribution >= 0.6 is 11.6 Å². The van der Waals surface area contributed by atoms with E-state index < -0.39 is 5.56 Å². The molecule has 120 valence electrons. The summed E-state index contributed by atoms with van der Waals surface area (Å²) < 4.78 is 0. The Morgan fingerprint density at radius 2 is 2.00 bits per heavy atom. The standard InChI is InChI=1S/C18H19ClN2O2/c1-18(2)11-21(10-15(18)12-6-4-3-5-7-12)17(23)14-8-13(19)9-20-16(14)22/h3-9,15H,10-11H2,1-2H3,(H,20,22). The number of pyridine rings is 1. The largest absolute Gasteiger partial charge is 0.337 e. The lowest BCUT2D eigenvalue weighted by Gasteiger charge is -2.25. The molecule has 3 rings (SSSR count). The number of hydrogen-bond acceptors (Lipinski definition) is 2. The molecule has 0 aliphatic carbocycles. The number of rotatable bonds is 2. The predicted octanol–water partition coefficient (Wildman–Crippen LogP) is 3.29. The zero-order valence-corrected chi connectivity index (χ0v) is 13.9. The maximum atomic E-state index is 12.7. The Hall–Kier alpha value is -2.07. The van der Waals surface area contributed by atoms with Gasteiger partial charge in [0.25, 0.3) is 11.5 Å². The van der Waals surface area contributed by atoms with Crippen molar-refractivity contribution in [3.05, 3.63) is 69.1 Å². The van der Waals surface area contributed by atoms with Crippen LogP contribution in [0.15, 0.2) is 47.4 Å². The van der Waals surface area contributed by atoms with Gasteiger partial charge in [0.15, 0.2) is 0 Å². The highest BCUT2D eigenvalue weighted by atomic mass is 35.5. The van der Waals surface area contributed by atoms with Crippen LogP contribution in [0.3, 0.4) is 0 Å². The lowest BCUT2D eigenvalue weighted by molar-refractivity contribution is 0.0776. The molecule has 1 aliphatic rings. The van der Waals surface area contributed by atoms with Gasteiger partial charge in [-0.3, -0.25) is 9.59 Å². The molecule has 0 spiro atoms. The molecular weight excluding hydrogens is 312 g/mol. The van der Waals surface area contributed by atoms with Gasteiger partial charge in [0.1, 0.15) is 5.56 Å². The van der Waals surface area contributed by atoms with E-state index in [1.807, 2.05) is 18.2 Å². The second-order valence-electron chi connectivity index (χ2n) is 6.70. The van der Waals surface area contributed by atoms with Crippen molar-refractivity contribution >= 4 is 17.5 Å². The summed E-state index contributed by atoms with van der Waals surface area (Å²) in [7, 11) is 0. The normalized spacial score (nSPS) is 19.8. The van der Waals surface area contributed by atoms with Crippen LogP contribution in [0.4, 0.5) is 0 Å². The van der Waals surface area contributed by atoms with Crippen molar-refractivity contribution in [3.63, 3.8) is 0 Å².